The summed E-state index contributed by atoms with van der Waals surface area (Å²) in [5.41, 5.74) is 1.33. The van der Waals surface area contributed by atoms with Crippen molar-refractivity contribution in [3.63, 3.8) is 0 Å². The van der Waals surface area contributed by atoms with Gasteiger partial charge in [-0.25, -0.2) is 0 Å². The Balaban J connectivity index is 2.29. The van der Waals surface area contributed by atoms with Gasteiger partial charge in [-0.1, -0.05) is 12.0 Å². The molecule has 1 heteroatoms. The molecule has 10 heavy (non-hydrogen) atoms. The van der Waals surface area contributed by atoms with Crippen LogP contribution in [0.15, 0.2) is 11.6 Å². The van der Waals surface area contributed by atoms with Gasteiger partial charge in [0.1, 0.15) is 0 Å². The van der Waals surface area contributed by atoms with Crippen molar-refractivity contribution in [2.75, 3.05) is 0 Å². The van der Waals surface area contributed by atoms with Gasteiger partial charge in [-0.3, -0.25) is 4.79 Å². The van der Waals surface area contributed by atoms with Crippen LogP contribution in [0.3, 0.4) is 0 Å². The molecule has 0 N–H and O–H groups in total. The van der Waals surface area contributed by atoms with Crippen LogP contribution in [-0.2, 0) is 4.79 Å². The fourth-order valence-electron chi connectivity index (χ4n) is 2.28. The number of fused-ring (bicyclic) bond motifs is 1. The van der Waals surface area contributed by atoms with E-state index in [0.717, 1.165) is 6.42 Å². The Hall–Kier alpha value is -0.590. The first-order valence-electron chi connectivity index (χ1n) is 4.01. The van der Waals surface area contributed by atoms with Gasteiger partial charge in [0.05, 0.1) is 0 Å². The molecule has 2 aliphatic rings. The molecule has 0 aromatic rings. The topological polar surface area (TPSA) is 17.1 Å². The summed E-state index contributed by atoms with van der Waals surface area (Å²) in [5, 5.41) is 0. The largest absolute Gasteiger partial charge is 0.295 e. The van der Waals surface area contributed by atoms with Crippen LogP contribution in [0.2, 0.25) is 0 Å². The molecule has 0 aromatic heterocycles. The lowest BCUT2D eigenvalue weighted by Crippen LogP contribution is -2.09. The van der Waals surface area contributed by atoms with E-state index in [4.69, 9.17) is 0 Å². The lowest BCUT2D eigenvalue weighted by atomic mass is 9.95. The van der Waals surface area contributed by atoms with Gasteiger partial charge in [-0.05, 0) is 31.8 Å². The zero-order valence-electron chi connectivity index (χ0n) is 6.26. The van der Waals surface area contributed by atoms with Crippen LogP contribution in [0.25, 0.3) is 0 Å². The summed E-state index contributed by atoms with van der Waals surface area (Å²) >= 11 is 0. The average Bonchev–Trinajstić information content (AvgIpc) is 2.39. The molecule has 0 bridgehead atoms. The fraction of sp³-hybridized carbons (Fsp3) is 0.667. The Morgan fingerprint density at radius 2 is 2.10 bits per heavy atom. The van der Waals surface area contributed by atoms with Crippen molar-refractivity contribution in [2.24, 2.45) is 11.8 Å². The van der Waals surface area contributed by atoms with E-state index in [9.17, 15) is 4.79 Å². The van der Waals surface area contributed by atoms with E-state index in [1.807, 2.05) is 6.08 Å². The quantitative estimate of drug-likeness (QED) is 0.497. The molecule has 2 atom stereocenters. The van der Waals surface area contributed by atoms with E-state index in [0.29, 0.717) is 17.6 Å². The zero-order valence-corrected chi connectivity index (χ0v) is 6.26. The highest BCUT2D eigenvalue weighted by molar-refractivity contribution is 5.95. The smallest absolute Gasteiger partial charge is 0.159 e. The lowest BCUT2D eigenvalue weighted by Gasteiger charge is -2.07. The molecule has 0 amide bonds. The summed E-state index contributed by atoms with van der Waals surface area (Å²) < 4.78 is 0. The third-order valence-electron chi connectivity index (χ3n) is 2.84. The predicted molar refractivity (Wildman–Crippen MR) is 39.6 cm³/mol. The zero-order chi connectivity index (χ0) is 7.14. The minimum atomic E-state index is 0.389. The summed E-state index contributed by atoms with van der Waals surface area (Å²) in [6, 6.07) is 0. The van der Waals surface area contributed by atoms with Crippen LogP contribution < -0.4 is 0 Å². The number of ketones is 1. The third kappa shape index (κ3) is 0.664. The van der Waals surface area contributed by atoms with Gasteiger partial charge in [0, 0.05) is 5.92 Å². The van der Waals surface area contributed by atoms with E-state index < -0.39 is 0 Å². The van der Waals surface area contributed by atoms with Crippen molar-refractivity contribution in [1.82, 2.24) is 0 Å². The van der Waals surface area contributed by atoms with Crippen molar-refractivity contribution in [2.45, 2.75) is 26.2 Å². The van der Waals surface area contributed by atoms with Gasteiger partial charge < -0.3 is 0 Å². The SMILES string of the molecule is CC1=CC(=O)C2CCCC12. The fourth-order valence-corrected chi connectivity index (χ4v) is 2.28. The van der Waals surface area contributed by atoms with Gasteiger partial charge in [0.25, 0.3) is 0 Å². The average molecular weight is 136 g/mol. The Kier molecular flexibility index (Phi) is 1.19. The van der Waals surface area contributed by atoms with Crippen molar-refractivity contribution in [3.05, 3.63) is 11.6 Å². The Morgan fingerprint density at radius 1 is 1.40 bits per heavy atom. The van der Waals surface area contributed by atoms with Gasteiger partial charge in [-0.15, -0.1) is 0 Å². The van der Waals surface area contributed by atoms with Crippen LogP contribution in [0, 0.1) is 11.8 Å². The molecule has 2 unspecified atom stereocenters. The third-order valence-corrected chi connectivity index (χ3v) is 2.84. The minimum absolute atomic E-state index is 0.389. The minimum Gasteiger partial charge on any atom is -0.295 e. The maximum Gasteiger partial charge on any atom is 0.159 e. The molecule has 0 aliphatic heterocycles. The van der Waals surface area contributed by atoms with Crippen LogP contribution >= 0.6 is 0 Å². The van der Waals surface area contributed by atoms with E-state index in [-0.39, 0.29) is 0 Å². The number of rotatable bonds is 0. The molecule has 0 aromatic carbocycles. The summed E-state index contributed by atoms with van der Waals surface area (Å²) in [6.07, 6.45) is 5.48. The normalized spacial score (nSPS) is 38.1. The van der Waals surface area contributed by atoms with Crippen molar-refractivity contribution >= 4 is 5.78 Å². The monoisotopic (exact) mass is 136 g/mol. The molecule has 1 fully saturated rings. The molecule has 1 saturated carbocycles. The molecule has 0 heterocycles. The van der Waals surface area contributed by atoms with Gasteiger partial charge in [0.2, 0.25) is 0 Å². The number of carbonyl (C=O) groups excluding carboxylic acids is 1. The Bertz CT molecular complexity index is 203. The lowest BCUT2D eigenvalue weighted by molar-refractivity contribution is -0.117. The van der Waals surface area contributed by atoms with Gasteiger partial charge >= 0.3 is 0 Å². The van der Waals surface area contributed by atoms with Crippen molar-refractivity contribution < 1.29 is 4.79 Å². The second kappa shape index (κ2) is 1.94. The maximum absolute atomic E-state index is 11.2. The van der Waals surface area contributed by atoms with E-state index in [1.54, 1.807) is 0 Å². The Labute approximate surface area is 61.1 Å². The summed E-state index contributed by atoms with van der Waals surface area (Å²) in [6.45, 7) is 2.09. The summed E-state index contributed by atoms with van der Waals surface area (Å²) in [7, 11) is 0. The molecule has 1 nitrogen and oxygen atoms in total. The maximum atomic E-state index is 11.2. The molecule has 0 saturated heterocycles. The second-order valence-corrected chi connectivity index (χ2v) is 3.43. The highest BCUT2D eigenvalue weighted by Gasteiger charge is 2.37. The summed E-state index contributed by atoms with van der Waals surface area (Å²) in [4.78, 5) is 11.2. The second-order valence-electron chi connectivity index (χ2n) is 3.43. The number of hydrogen-bond acceptors (Lipinski definition) is 1. The van der Waals surface area contributed by atoms with Crippen molar-refractivity contribution in [1.29, 1.82) is 0 Å². The number of hydrogen-bond donors (Lipinski definition) is 0. The van der Waals surface area contributed by atoms with Gasteiger partial charge in [0.15, 0.2) is 5.78 Å². The molecule has 0 radical (unpaired) electrons. The van der Waals surface area contributed by atoms with E-state index >= 15 is 0 Å². The molecular formula is C9H12O. The van der Waals surface area contributed by atoms with Crippen LogP contribution in [0.5, 0.6) is 0 Å². The Morgan fingerprint density at radius 3 is 2.80 bits per heavy atom. The molecule has 54 valence electrons. The molecule has 0 spiro atoms. The van der Waals surface area contributed by atoms with Crippen LogP contribution in [0.4, 0.5) is 0 Å². The molecule has 2 aliphatic carbocycles. The first kappa shape index (κ1) is 6.14. The molecule has 2 rings (SSSR count). The summed E-state index contributed by atoms with van der Waals surface area (Å²) in [5.74, 6) is 1.41. The molecular weight excluding hydrogens is 124 g/mol. The first-order chi connectivity index (χ1) is 4.79. The van der Waals surface area contributed by atoms with Gasteiger partial charge in [-0.2, -0.15) is 0 Å². The van der Waals surface area contributed by atoms with Crippen LogP contribution in [-0.4, -0.2) is 5.78 Å². The first-order valence-corrected chi connectivity index (χ1v) is 4.01. The van der Waals surface area contributed by atoms with Crippen LogP contribution in [0.1, 0.15) is 26.2 Å². The highest BCUT2D eigenvalue weighted by Crippen LogP contribution is 2.41. The predicted octanol–water partition coefficient (Wildman–Crippen LogP) is 1.93. The van der Waals surface area contributed by atoms with E-state index in [1.165, 1.54) is 18.4 Å². The number of allylic oxidation sites excluding steroid dienone is 2. The highest BCUT2D eigenvalue weighted by atomic mass is 16.1. The standard InChI is InChI=1S/C9H12O/c1-6-5-9(10)8-4-2-3-7(6)8/h5,7-8H,2-4H2,1H3. The van der Waals surface area contributed by atoms with Crippen molar-refractivity contribution in [3.8, 4) is 0 Å². The van der Waals surface area contributed by atoms with E-state index in [2.05, 4.69) is 6.92 Å². The number of carbonyl (C=O) groups is 1.